The van der Waals surface area contributed by atoms with Gasteiger partial charge in [0.15, 0.2) is 0 Å². The first kappa shape index (κ1) is 16.2. The van der Waals surface area contributed by atoms with E-state index in [0.29, 0.717) is 17.0 Å². The summed E-state index contributed by atoms with van der Waals surface area (Å²) in [7, 11) is 1.55. The van der Waals surface area contributed by atoms with Crippen LogP contribution in [0.15, 0.2) is 53.8 Å². The van der Waals surface area contributed by atoms with Crippen LogP contribution < -0.4 is 15.5 Å². The molecule has 1 aromatic carbocycles. The largest absolute Gasteiger partial charge is 0.497 e. The zero-order valence-corrected chi connectivity index (χ0v) is 12.5. The average molecular weight is 312 g/mol. The molecule has 23 heavy (non-hydrogen) atoms. The van der Waals surface area contributed by atoms with Gasteiger partial charge in [0.2, 0.25) is 0 Å². The number of nitrogens with zero attached hydrogens (tertiary/aromatic N) is 2. The molecule has 2 rings (SSSR count). The highest BCUT2D eigenvalue weighted by Crippen LogP contribution is 2.10. The van der Waals surface area contributed by atoms with Gasteiger partial charge < -0.3 is 10.1 Å². The lowest BCUT2D eigenvalue weighted by atomic mass is 10.2. The number of carbonyl (C=O) groups excluding carboxylic acids is 2. The van der Waals surface area contributed by atoms with Crippen molar-refractivity contribution < 1.29 is 14.3 Å². The summed E-state index contributed by atoms with van der Waals surface area (Å²) in [6, 6.07) is 11.9. The molecule has 7 heteroatoms. The lowest BCUT2D eigenvalue weighted by Crippen LogP contribution is -2.34. The monoisotopic (exact) mass is 312 g/mol. The molecule has 0 saturated heterocycles. The van der Waals surface area contributed by atoms with E-state index in [1.807, 2.05) is 6.07 Å². The SMILES string of the molecule is COc1ccc(C(=O)NCC(=O)N/N=C\c2ccccn2)cc1. The molecule has 0 unspecified atom stereocenters. The quantitative estimate of drug-likeness (QED) is 0.614. The Bertz CT molecular complexity index is 684. The number of methoxy groups -OCH3 is 1. The molecule has 0 radical (unpaired) electrons. The van der Waals surface area contributed by atoms with Crippen LogP contribution in [0, 0.1) is 0 Å². The fourth-order valence-electron chi connectivity index (χ4n) is 1.67. The topological polar surface area (TPSA) is 92.7 Å². The van der Waals surface area contributed by atoms with Crippen LogP contribution in [0.25, 0.3) is 0 Å². The van der Waals surface area contributed by atoms with Gasteiger partial charge in [-0.05, 0) is 36.4 Å². The molecule has 1 heterocycles. The molecule has 0 spiro atoms. The second kappa shape index (κ2) is 8.28. The number of aromatic nitrogens is 1. The van der Waals surface area contributed by atoms with Crippen LogP contribution in [0.2, 0.25) is 0 Å². The minimum atomic E-state index is -0.431. The van der Waals surface area contributed by atoms with Crippen molar-refractivity contribution in [2.75, 3.05) is 13.7 Å². The van der Waals surface area contributed by atoms with E-state index in [9.17, 15) is 9.59 Å². The maximum Gasteiger partial charge on any atom is 0.259 e. The van der Waals surface area contributed by atoms with Crippen molar-refractivity contribution in [3.8, 4) is 5.75 Å². The van der Waals surface area contributed by atoms with Gasteiger partial charge >= 0.3 is 0 Å². The van der Waals surface area contributed by atoms with Crippen molar-refractivity contribution in [2.24, 2.45) is 5.10 Å². The highest BCUT2D eigenvalue weighted by molar-refractivity contribution is 5.96. The number of rotatable bonds is 6. The molecular weight excluding hydrogens is 296 g/mol. The van der Waals surface area contributed by atoms with Crippen LogP contribution in [0.4, 0.5) is 0 Å². The van der Waals surface area contributed by atoms with Crippen molar-refractivity contribution in [1.82, 2.24) is 15.7 Å². The number of benzene rings is 1. The van der Waals surface area contributed by atoms with E-state index < -0.39 is 5.91 Å². The molecule has 0 aliphatic heterocycles. The Morgan fingerprint density at radius 3 is 2.65 bits per heavy atom. The number of hydrogen-bond donors (Lipinski definition) is 2. The molecule has 2 aromatic rings. The molecule has 2 amide bonds. The number of ether oxygens (including phenoxy) is 1. The highest BCUT2D eigenvalue weighted by atomic mass is 16.5. The molecule has 0 atom stereocenters. The van der Waals surface area contributed by atoms with Crippen molar-refractivity contribution in [2.45, 2.75) is 0 Å². The van der Waals surface area contributed by atoms with Gasteiger partial charge in [0.05, 0.1) is 25.6 Å². The van der Waals surface area contributed by atoms with Crippen LogP contribution in [-0.4, -0.2) is 36.7 Å². The van der Waals surface area contributed by atoms with Gasteiger partial charge in [-0.25, -0.2) is 5.43 Å². The third kappa shape index (κ3) is 5.24. The minimum absolute atomic E-state index is 0.176. The molecule has 1 aromatic heterocycles. The molecular formula is C16H16N4O3. The summed E-state index contributed by atoms with van der Waals surface area (Å²) in [6.45, 7) is -0.176. The summed E-state index contributed by atoms with van der Waals surface area (Å²) in [6.07, 6.45) is 3.04. The first-order chi connectivity index (χ1) is 11.2. The van der Waals surface area contributed by atoms with E-state index >= 15 is 0 Å². The Labute approximate surface area is 133 Å². The van der Waals surface area contributed by atoms with Crippen molar-refractivity contribution in [1.29, 1.82) is 0 Å². The first-order valence-electron chi connectivity index (χ1n) is 6.84. The number of carbonyl (C=O) groups is 2. The molecule has 2 N–H and O–H groups in total. The molecule has 0 fully saturated rings. The van der Waals surface area contributed by atoms with Crippen LogP contribution in [0.1, 0.15) is 16.1 Å². The van der Waals surface area contributed by atoms with Gasteiger partial charge in [-0.2, -0.15) is 5.10 Å². The summed E-state index contributed by atoms with van der Waals surface area (Å²) in [5.74, 6) is -0.126. The minimum Gasteiger partial charge on any atom is -0.497 e. The number of hydrazone groups is 1. The van der Waals surface area contributed by atoms with Crippen LogP contribution in [-0.2, 0) is 4.79 Å². The smallest absolute Gasteiger partial charge is 0.259 e. The zero-order chi connectivity index (χ0) is 16.5. The zero-order valence-electron chi connectivity index (χ0n) is 12.5. The van der Waals surface area contributed by atoms with Crippen molar-refractivity contribution in [3.05, 3.63) is 59.9 Å². The number of nitrogens with one attached hydrogen (secondary N) is 2. The lowest BCUT2D eigenvalue weighted by molar-refractivity contribution is -0.120. The summed E-state index contributed by atoms with van der Waals surface area (Å²) < 4.78 is 5.01. The molecule has 0 aliphatic carbocycles. The highest BCUT2D eigenvalue weighted by Gasteiger charge is 2.07. The van der Waals surface area contributed by atoms with Gasteiger partial charge in [0.1, 0.15) is 5.75 Å². The summed E-state index contributed by atoms with van der Waals surface area (Å²) in [4.78, 5) is 27.5. The van der Waals surface area contributed by atoms with E-state index in [2.05, 4.69) is 20.8 Å². The van der Waals surface area contributed by atoms with Crippen molar-refractivity contribution >= 4 is 18.0 Å². The standard InChI is InChI=1S/C16H16N4O3/c1-23-14-7-5-12(6-8-14)16(22)18-11-15(21)20-19-10-13-4-2-3-9-17-13/h2-10H,11H2,1H3,(H,18,22)(H,20,21)/b19-10-. The van der Waals surface area contributed by atoms with E-state index in [-0.39, 0.29) is 12.5 Å². The Kier molecular flexibility index (Phi) is 5.81. The summed E-state index contributed by atoms with van der Waals surface area (Å²) in [5.41, 5.74) is 3.37. The Morgan fingerprint density at radius 1 is 1.22 bits per heavy atom. The number of pyridine rings is 1. The van der Waals surface area contributed by atoms with Gasteiger partial charge in [0.25, 0.3) is 11.8 Å². The van der Waals surface area contributed by atoms with Crippen LogP contribution in [0.5, 0.6) is 5.75 Å². The van der Waals surface area contributed by atoms with Gasteiger partial charge in [-0.15, -0.1) is 0 Å². The van der Waals surface area contributed by atoms with Gasteiger partial charge in [-0.1, -0.05) is 6.07 Å². The average Bonchev–Trinajstić information content (AvgIpc) is 2.60. The molecule has 118 valence electrons. The van der Waals surface area contributed by atoms with E-state index in [4.69, 9.17) is 4.74 Å². The third-order valence-electron chi connectivity index (χ3n) is 2.84. The molecule has 0 aliphatic rings. The van der Waals surface area contributed by atoms with Gasteiger partial charge in [0, 0.05) is 11.8 Å². The fraction of sp³-hybridized carbons (Fsp3) is 0.125. The maximum absolute atomic E-state index is 11.9. The van der Waals surface area contributed by atoms with E-state index in [1.54, 1.807) is 49.7 Å². The fourth-order valence-corrected chi connectivity index (χ4v) is 1.67. The molecule has 0 saturated carbocycles. The second-order valence-corrected chi connectivity index (χ2v) is 4.46. The number of amides is 2. The Balaban J connectivity index is 1.77. The number of hydrogen-bond acceptors (Lipinski definition) is 5. The summed E-state index contributed by atoms with van der Waals surface area (Å²) in [5, 5.41) is 6.26. The van der Waals surface area contributed by atoms with Crippen LogP contribution >= 0.6 is 0 Å². The predicted octanol–water partition coefficient (Wildman–Crippen LogP) is 0.970. The van der Waals surface area contributed by atoms with Gasteiger partial charge in [-0.3, -0.25) is 14.6 Å². The summed E-state index contributed by atoms with van der Waals surface area (Å²) >= 11 is 0. The van der Waals surface area contributed by atoms with Crippen molar-refractivity contribution in [3.63, 3.8) is 0 Å². The van der Waals surface area contributed by atoms with E-state index in [0.717, 1.165) is 0 Å². The Hall–Kier alpha value is -3.22. The predicted molar refractivity (Wildman–Crippen MR) is 85.3 cm³/mol. The normalized spacial score (nSPS) is 10.3. The lowest BCUT2D eigenvalue weighted by Gasteiger charge is -2.05. The maximum atomic E-state index is 11.9. The second-order valence-electron chi connectivity index (χ2n) is 4.46. The molecule has 0 bridgehead atoms. The Morgan fingerprint density at radius 2 is 2.00 bits per heavy atom. The van der Waals surface area contributed by atoms with Crippen LogP contribution in [0.3, 0.4) is 0 Å². The first-order valence-corrected chi connectivity index (χ1v) is 6.84. The van der Waals surface area contributed by atoms with E-state index in [1.165, 1.54) is 6.21 Å². The third-order valence-corrected chi connectivity index (χ3v) is 2.84. The molecule has 7 nitrogen and oxygen atoms in total.